The zero-order chi connectivity index (χ0) is 28.4. The van der Waals surface area contributed by atoms with E-state index >= 15 is 0 Å². The fraction of sp³-hybridized carbons (Fsp3) is 0.485. The van der Waals surface area contributed by atoms with Gasteiger partial charge < -0.3 is 4.90 Å². The van der Waals surface area contributed by atoms with E-state index in [2.05, 4.69) is 103 Å². The van der Waals surface area contributed by atoms with E-state index in [0.717, 1.165) is 65.3 Å². The maximum Gasteiger partial charge on any atom is 0.0543 e. The van der Waals surface area contributed by atoms with E-state index in [9.17, 15) is 0 Å². The third kappa shape index (κ3) is 9.46. The molecule has 0 saturated carbocycles. The van der Waals surface area contributed by atoms with Crippen molar-refractivity contribution in [3.05, 3.63) is 89.2 Å². The highest BCUT2D eigenvalue weighted by Gasteiger charge is 2.21. The van der Waals surface area contributed by atoms with Crippen LogP contribution in [0.15, 0.2) is 71.8 Å². The molecule has 2 aliphatic heterocycles. The van der Waals surface area contributed by atoms with Crippen LogP contribution in [0.25, 0.3) is 0 Å². The third-order valence-corrected chi connectivity index (χ3v) is 10.1. The summed E-state index contributed by atoms with van der Waals surface area (Å²) in [5.74, 6) is 0. The van der Waals surface area contributed by atoms with Crippen LogP contribution in [-0.4, -0.2) is 82.7 Å². The lowest BCUT2D eigenvalue weighted by Crippen LogP contribution is -2.35. The van der Waals surface area contributed by atoms with E-state index in [1.807, 2.05) is 36.3 Å². The molecule has 0 spiro atoms. The highest BCUT2D eigenvalue weighted by Crippen LogP contribution is 2.29. The minimum absolute atomic E-state index is 0.926. The monoisotopic (exact) mass is 590 g/mol. The van der Waals surface area contributed by atoms with E-state index in [1.54, 1.807) is 0 Å². The van der Waals surface area contributed by atoms with Gasteiger partial charge in [0.05, 0.1) is 5.69 Å². The lowest BCUT2D eigenvalue weighted by molar-refractivity contribution is 0.233. The summed E-state index contributed by atoms with van der Waals surface area (Å²) in [5, 5.41) is 0. The lowest BCUT2D eigenvalue weighted by atomic mass is 9.99. The van der Waals surface area contributed by atoms with Crippen LogP contribution in [0.4, 0.5) is 5.69 Å². The van der Waals surface area contributed by atoms with Gasteiger partial charge in [-0.15, -0.1) is 0 Å². The summed E-state index contributed by atoms with van der Waals surface area (Å²) < 4.78 is 7.80. The number of benzene rings is 2. The Morgan fingerprint density at radius 3 is 2.20 bits per heavy atom. The molecule has 0 atom stereocenters. The van der Waals surface area contributed by atoms with Crippen molar-refractivity contribution in [2.24, 2.45) is 0 Å². The van der Waals surface area contributed by atoms with Gasteiger partial charge in [0.25, 0.3) is 0 Å². The Hall–Kier alpha value is -2.07. The maximum atomic E-state index is 4.63. The predicted octanol–water partition coefficient (Wildman–Crippen LogP) is 6.37. The van der Waals surface area contributed by atoms with Crippen molar-refractivity contribution in [3.63, 3.8) is 0 Å². The molecule has 0 amide bonds. The van der Waals surface area contributed by atoms with Gasteiger partial charge in [-0.05, 0) is 105 Å². The fourth-order valence-corrected chi connectivity index (χ4v) is 7.71. The quantitative estimate of drug-likeness (QED) is 0.293. The van der Waals surface area contributed by atoms with Crippen molar-refractivity contribution < 1.29 is 0 Å². The van der Waals surface area contributed by atoms with Gasteiger partial charge in [0, 0.05) is 88.8 Å². The molecule has 2 aliphatic rings. The zero-order valence-electron chi connectivity index (χ0n) is 25.0. The second-order valence-corrected chi connectivity index (χ2v) is 13.8. The minimum Gasteiger partial charge on any atom is -0.378 e. The predicted molar refractivity (Wildman–Crippen MR) is 176 cm³/mol. The van der Waals surface area contributed by atoms with Crippen LogP contribution in [-0.2, 0) is 19.5 Å². The average molecular weight is 591 g/mol. The molecule has 0 aliphatic carbocycles. The van der Waals surface area contributed by atoms with Crippen LogP contribution in [0.5, 0.6) is 0 Å². The second-order valence-electron chi connectivity index (χ2n) is 11.5. The molecule has 0 N–H and O–H groups in total. The summed E-state index contributed by atoms with van der Waals surface area (Å²) in [6.45, 7) is 11.9. The normalized spacial score (nSPS) is 18.8. The first-order valence-corrected chi connectivity index (χ1v) is 16.6. The van der Waals surface area contributed by atoms with Gasteiger partial charge in [-0.25, -0.2) is 12.9 Å². The van der Waals surface area contributed by atoms with Crippen molar-refractivity contribution in [2.45, 2.75) is 50.6 Å². The zero-order valence-corrected chi connectivity index (χ0v) is 26.7. The molecule has 2 aromatic carbocycles. The summed E-state index contributed by atoms with van der Waals surface area (Å²) in [6, 6.07) is 22.2. The van der Waals surface area contributed by atoms with Crippen LogP contribution in [0, 0.1) is 6.92 Å². The summed E-state index contributed by atoms with van der Waals surface area (Å²) in [7, 11) is 4.20. The van der Waals surface area contributed by atoms with Crippen molar-refractivity contribution in [2.75, 3.05) is 64.8 Å². The molecule has 3 heterocycles. The van der Waals surface area contributed by atoms with Gasteiger partial charge in [-0.3, -0.25) is 9.88 Å². The Morgan fingerprint density at radius 1 is 0.756 bits per heavy atom. The molecule has 41 heavy (non-hydrogen) atoms. The van der Waals surface area contributed by atoms with Crippen molar-refractivity contribution in [3.8, 4) is 0 Å². The Balaban J connectivity index is 1.24. The van der Waals surface area contributed by atoms with Gasteiger partial charge >= 0.3 is 0 Å². The smallest absolute Gasteiger partial charge is 0.0543 e. The van der Waals surface area contributed by atoms with Gasteiger partial charge in [0.1, 0.15) is 0 Å². The summed E-state index contributed by atoms with van der Waals surface area (Å²) >= 11 is 3.90. The Bertz CT molecular complexity index is 1210. The fourth-order valence-electron chi connectivity index (χ4n) is 5.60. The second kappa shape index (κ2) is 15.4. The first-order chi connectivity index (χ1) is 20.0. The number of fused-ring (bicyclic) bond motifs is 1. The average Bonchev–Trinajstić information content (AvgIpc) is 2.97. The van der Waals surface area contributed by atoms with Crippen LogP contribution in [0.2, 0.25) is 0 Å². The van der Waals surface area contributed by atoms with E-state index in [4.69, 9.17) is 0 Å². The first-order valence-electron chi connectivity index (χ1n) is 15.1. The van der Waals surface area contributed by atoms with Gasteiger partial charge in [-0.2, -0.15) is 0 Å². The Labute approximate surface area is 256 Å². The van der Waals surface area contributed by atoms with E-state index < -0.39 is 0 Å². The molecule has 220 valence electrons. The number of hydrogen-bond donors (Lipinski definition) is 0. The molecule has 1 fully saturated rings. The highest BCUT2D eigenvalue weighted by molar-refractivity contribution is 7.97. The molecule has 6 nitrogen and oxygen atoms in total. The van der Waals surface area contributed by atoms with E-state index in [-0.39, 0.29) is 0 Å². The van der Waals surface area contributed by atoms with Crippen LogP contribution >= 0.6 is 24.1 Å². The molecule has 0 bridgehead atoms. The van der Waals surface area contributed by atoms with E-state index in [0.29, 0.717) is 0 Å². The number of anilines is 1. The largest absolute Gasteiger partial charge is 0.378 e. The van der Waals surface area contributed by atoms with Crippen molar-refractivity contribution >= 4 is 29.8 Å². The van der Waals surface area contributed by atoms with Crippen LogP contribution in [0.1, 0.15) is 41.6 Å². The summed E-state index contributed by atoms with van der Waals surface area (Å²) in [5.41, 5.74) is 6.82. The molecule has 5 rings (SSSR count). The first kappa shape index (κ1) is 30.4. The van der Waals surface area contributed by atoms with Crippen molar-refractivity contribution in [1.82, 2.24) is 22.8 Å². The van der Waals surface area contributed by atoms with Crippen molar-refractivity contribution in [1.29, 1.82) is 0 Å². The number of hydrogen-bond acceptors (Lipinski definition) is 8. The Kier molecular flexibility index (Phi) is 11.4. The summed E-state index contributed by atoms with van der Waals surface area (Å²) in [6.07, 6.45) is 6.59. The van der Waals surface area contributed by atoms with Gasteiger partial charge in [0.2, 0.25) is 0 Å². The number of aryl methyl sites for hydroxylation is 1. The minimum atomic E-state index is 0.926. The van der Waals surface area contributed by atoms with Gasteiger partial charge in [-0.1, -0.05) is 29.8 Å². The topological polar surface area (TPSA) is 29.1 Å². The Morgan fingerprint density at radius 2 is 1.49 bits per heavy atom. The number of aromatic nitrogens is 1. The molecule has 0 radical (unpaired) electrons. The van der Waals surface area contributed by atoms with Gasteiger partial charge in [0.15, 0.2) is 0 Å². The van der Waals surface area contributed by atoms with Crippen LogP contribution < -0.4 is 4.90 Å². The maximum absolute atomic E-state index is 4.63. The summed E-state index contributed by atoms with van der Waals surface area (Å²) in [4.78, 5) is 10.7. The van der Waals surface area contributed by atoms with Crippen LogP contribution in [0.3, 0.4) is 0 Å². The SMILES string of the molecule is Cc1ccc2c(c1)CCN(SN1CCCN(Cc3ccccn3)CCCN(Sc3ccc(N(C)C)cc3)CCC1)C2. The molecular weight excluding hydrogens is 545 g/mol. The molecule has 8 heteroatoms. The standard InChI is InChI=1S/C33H46N6S2/c1-28-10-11-30-26-39(24-16-29(30)25-28)41-38-22-7-19-36(27-31-9-4-5-17-34-31)18-6-20-37(21-8-23-38)40-33-14-12-32(13-15-33)35(2)3/h4-5,9-15,17,25H,6-8,16,18-24,26-27H2,1-3H3. The molecule has 0 unspecified atom stereocenters. The number of nitrogens with zero attached hydrogens (tertiary/aromatic N) is 6. The molecule has 3 aromatic rings. The molecular formula is C33H46N6S2. The molecule has 1 saturated heterocycles. The van der Waals surface area contributed by atoms with E-state index in [1.165, 1.54) is 52.2 Å². The number of rotatable bonds is 7. The molecule has 1 aromatic heterocycles. The highest BCUT2D eigenvalue weighted by atomic mass is 32.2. The third-order valence-electron chi connectivity index (χ3n) is 7.85. The number of pyridine rings is 1. The lowest BCUT2D eigenvalue weighted by Gasteiger charge is -2.34.